The lowest BCUT2D eigenvalue weighted by atomic mass is 10.4. The molecule has 0 saturated heterocycles. The van der Waals surface area contributed by atoms with Crippen LogP contribution < -0.4 is 5.32 Å². The lowest BCUT2D eigenvalue weighted by Crippen LogP contribution is -2.34. The SMILES string of the molecule is C=CCN(CCOC)S(=O)(=O)c1ccsc1CNCCC. The molecule has 0 spiro atoms. The van der Waals surface area contributed by atoms with Gasteiger partial charge in [-0.3, -0.25) is 0 Å². The van der Waals surface area contributed by atoms with Crippen LogP contribution in [0.25, 0.3) is 0 Å². The molecule has 1 N–H and O–H groups in total. The Bertz CT molecular complexity index is 526. The largest absolute Gasteiger partial charge is 0.383 e. The van der Waals surface area contributed by atoms with Gasteiger partial charge in [-0.25, -0.2) is 8.42 Å². The van der Waals surface area contributed by atoms with Gasteiger partial charge >= 0.3 is 0 Å². The quantitative estimate of drug-likeness (QED) is 0.498. The maximum Gasteiger partial charge on any atom is 0.244 e. The number of sulfonamides is 1. The van der Waals surface area contributed by atoms with Gasteiger partial charge in [-0.05, 0) is 24.4 Å². The second kappa shape index (κ2) is 9.32. The Morgan fingerprint density at radius 1 is 1.52 bits per heavy atom. The number of hydrogen-bond acceptors (Lipinski definition) is 5. The van der Waals surface area contributed by atoms with E-state index in [0.717, 1.165) is 17.8 Å². The van der Waals surface area contributed by atoms with E-state index in [1.165, 1.54) is 15.6 Å². The van der Waals surface area contributed by atoms with Gasteiger partial charge in [0, 0.05) is 31.6 Å². The predicted molar refractivity (Wildman–Crippen MR) is 87.1 cm³/mol. The fourth-order valence-corrected chi connectivity index (χ4v) is 4.63. The highest BCUT2D eigenvalue weighted by atomic mass is 32.2. The molecule has 7 heteroatoms. The van der Waals surface area contributed by atoms with E-state index in [9.17, 15) is 8.42 Å². The van der Waals surface area contributed by atoms with Gasteiger partial charge in [0.25, 0.3) is 0 Å². The molecule has 0 saturated carbocycles. The van der Waals surface area contributed by atoms with Crippen molar-refractivity contribution in [3.8, 4) is 0 Å². The van der Waals surface area contributed by atoms with Crippen molar-refractivity contribution in [2.75, 3.05) is 33.4 Å². The number of nitrogens with one attached hydrogen (secondary N) is 1. The zero-order valence-corrected chi connectivity index (χ0v) is 14.3. The first-order chi connectivity index (χ1) is 10.1. The van der Waals surface area contributed by atoms with Crippen molar-refractivity contribution >= 4 is 21.4 Å². The van der Waals surface area contributed by atoms with Crippen molar-refractivity contribution in [1.29, 1.82) is 0 Å². The zero-order chi connectivity index (χ0) is 15.7. The van der Waals surface area contributed by atoms with Crippen LogP contribution >= 0.6 is 11.3 Å². The standard InChI is InChI=1S/C14H24N2O3S2/c1-4-7-15-12-13-14(6-11-20-13)21(17,18)16(8-5-2)9-10-19-3/h5-6,11,15H,2,4,7-10,12H2,1,3H3. The topological polar surface area (TPSA) is 58.6 Å². The number of ether oxygens (including phenoxy) is 1. The molecule has 0 aliphatic rings. The second-order valence-electron chi connectivity index (χ2n) is 4.53. The predicted octanol–water partition coefficient (Wildman–Crippen LogP) is 2.07. The number of rotatable bonds is 11. The van der Waals surface area contributed by atoms with Crippen LogP contribution in [0.4, 0.5) is 0 Å². The number of thiophene rings is 1. The Kier molecular flexibility index (Phi) is 8.13. The van der Waals surface area contributed by atoms with Gasteiger partial charge in [-0.1, -0.05) is 13.0 Å². The first kappa shape index (κ1) is 18.3. The minimum absolute atomic E-state index is 0.281. The van der Waals surface area contributed by atoms with E-state index >= 15 is 0 Å². The monoisotopic (exact) mass is 332 g/mol. The Morgan fingerprint density at radius 3 is 2.90 bits per heavy atom. The molecule has 5 nitrogen and oxygen atoms in total. The minimum atomic E-state index is -3.51. The second-order valence-corrected chi connectivity index (χ2v) is 7.44. The first-order valence-corrected chi connectivity index (χ1v) is 9.27. The smallest absolute Gasteiger partial charge is 0.244 e. The number of hydrogen-bond donors (Lipinski definition) is 1. The Labute approximate surface area is 131 Å². The summed E-state index contributed by atoms with van der Waals surface area (Å²) in [6.07, 6.45) is 2.61. The van der Waals surface area contributed by atoms with E-state index in [1.807, 2.05) is 5.38 Å². The van der Waals surface area contributed by atoms with Crippen molar-refractivity contribution in [2.45, 2.75) is 24.8 Å². The highest BCUT2D eigenvalue weighted by molar-refractivity contribution is 7.89. The van der Waals surface area contributed by atoms with Gasteiger partial charge in [0.15, 0.2) is 0 Å². The van der Waals surface area contributed by atoms with Crippen molar-refractivity contribution < 1.29 is 13.2 Å². The molecule has 1 aromatic heterocycles. The molecule has 0 amide bonds. The lowest BCUT2D eigenvalue weighted by Gasteiger charge is -2.20. The average molecular weight is 332 g/mol. The highest BCUT2D eigenvalue weighted by Gasteiger charge is 2.26. The van der Waals surface area contributed by atoms with Crippen LogP contribution in [-0.4, -0.2) is 46.1 Å². The van der Waals surface area contributed by atoms with Crippen molar-refractivity contribution in [2.24, 2.45) is 0 Å². The maximum absolute atomic E-state index is 12.7. The van der Waals surface area contributed by atoms with Crippen LogP contribution in [-0.2, 0) is 21.3 Å². The molecule has 0 radical (unpaired) electrons. The fraction of sp³-hybridized carbons (Fsp3) is 0.571. The van der Waals surface area contributed by atoms with E-state index in [1.54, 1.807) is 19.3 Å². The summed E-state index contributed by atoms with van der Waals surface area (Å²) in [5.41, 5.74) is 0. The molecular formula is C14H24N2O3S2. The molecule has 21 heavy (non-hydrogen) atoms. The van der Waals surface area contributed by atoms with Crippen LogP contribution in [0.3, 0.4) is 0 Å². The van der Waals surface area contributed by atoms with Crippen LogP contribution in [0.1, 0.15) is 18.2 Å². The fourth-order valence-electron chi connectivity index (χ4n) is 1.85. The van der Waals surface area contributed by atoms with Crippen LogP contribution in [0, 0.1) is 0 Å². The number of nitrogens with zero attached hydrogens (tertiary/aromatic N) is 1. The molecule has 1 rings (SSSR count). The molecule has 0 aliphatic heterocycles. The van der Waals surface area contributed by atoms with Gasteiger partial charge < -0.3 is 10.1 Å². The van der Waals surface area contributed by atoms with E-state index in [-0.39, 0.29) is 6.54 Å². The summed E-state index contributed by atoms with van der Waals surface area (Å²) in [7, 11) is -1.95. The maximum atomic E-state index is 12.7. The Hall–Kier alpha value is -0.730. The summed E-state index contributed by atoms with van der Waals surface area (Å²) in [4.78, 5) is 1.23. The van der Waals surface area contributed by atoms with E-state index in [2.05, 4.69) is 18.8 Å². The Balaban J connectivity index is 2.93. The van der Waals surface area contributed by atoms with E-state index in [0.29, 0.717) is 24.6 Å². The molecular weight excluding hydrogens is 308 g/mol. The van der Waals surface area contributed by atoms with Gasteiger partial charge in [0.2, 0.25) is 10.0 Å². The van der Waals surface area contributed by atoms with Gasteiger partial charge in [-0.2, -0.15) is 4.31 Å². The lowest BCUT2D eigenvalue weighted by molar-refractivity contribution is 0.182. The van der Waals surface area contributed by atoms with Crippen molar-refractivity contribution in [3.05, 3.63) is 29.0 Å². The first-order valence-electron chi connectivity index (χ1n) is 6.95. The molecule has 0 aromatic carbocycles. The van der Waals surface area contributed by atoms with Gasteiger partial charge in [-0.15, -0.1) is 17.9 Å². The Morgan fingerprint density at radius 2 is 2.29 bits per heavy atom. The van der Waals surface area contributed by atoms with Gasteiger partial charge in [0.05, 0.1) is 11.5 Å². The third kappa shape index (κ3) is 5.19. The molecule has 0 unspecified atom stereocenters. The van der Waals surface area contributed by atoms with Gasteiger partial charge in [0.1, 0.15) is 0 Å². The summed E-state index contributed by atoms with van der Waals surface area (Å²) in [5, 5.41) is 5.06. The zero-order valence-electron chi connectivity index (χ0n) is 12.7. The summed E-state index contributed by atoms with van der Waals surface area (Å²) < 4.78 is 31.9. The average Bonchev–Trinajstić information content (AvgIpc) is 2.93. The third-order valence-electron chi connectivity index (χ3n) is 2.91. The van der Waals surface area contributed by atoms with Crippen molar-refractivity contribution in [3.63, 3.8) is 0 Å². The summed E-state index contributed by atoms with van der Waals surface area (Å²) in [6.45, 7) is 8.12. The minimum Gasteiger partial charge on any atom is -0.383 e. The number of methoxy groups -OCH3 is 1. The van der Waals surface area contributed by atoms with Crippen LogP contribution in [0.15, 0.2) is 29.0 Å². The highest BCUT2D eigenvalue weighted by Crippen LogP contribution is 2.25. The van der Waals surface area contributed by atoms with E-state index in [4.69, 9.17) is 4.74 Å². The molecule has 0 aliphatic carbocycles. The molecule has 0 atom stereocenters. The van der Waals surface area contributed by atoms with Crippen molar-refractivity contribution in [1.82, 2.24) is 9.62 Å². The van der Waals surface area contributed by atoms with Crippen LogP contribution in [0.5, 0.6) is 0 Å². The molecule has 0 bridgehead atoms. The molecule has 1 aromatic rings. The van der Waals surface area contributed by atoms with Crippen LogP contribution in [0.2, 0.25) is 0 Å². The molecule has 0 fully saturated rings. The normalized spacial score (nSPS) is 12.0. The summed E-state index contributed by atoms with van der Waals surface area (Å²) in [5.74, 6) is 0. The van der Waals surface area contributed by atoms with E-state index < -0.39 is 10.0 Å². The molecule has 120 valence electrons. The third-order valence-corrected chi connectivity index (χ3v) is 5.91. The molecule has 1 heterocycles. The summed E-state index contributed by atoms with van der Waals surface area (Å²) in [6, 6.07) is 1.67. The summed E-state index contributed by atoms with van der Waals surface area (Å²) >= 11 is 1.46.